The van der Waals surface area contributed by atoms with E-state index in [9.17, 15) is 13.2 Å². The molecule has 1 N–H and O–H groups in total. The number of fused-ring (bicyclic) bond motifs is 1. The molecule has 0 aromatic heterocycles. The van der Waals surface area contributed by atoms with Crippen molar-refractivity contribution in [2.45, 2.75) is 0 Å². The third kappa shape index (κ3) is 3.26. The van der Waals surface area contributed by atoms with Crippen molar-refractivity contribution in [1.29, 1.82) is 0 Å². The molecule has 1 amide bonds. The molecule has 0 unspecified atom stereocenters. The largest absolute Gasteiger partial charge is 0.331 e. The fraction of sp³-hybridized carbons (Fsp3) is 0.143. The predicted molar refractivity (Wildman–Crippen MR) is 90.2 cm³/mol. The Hall–Kier alpha value is -1.83. The van der Waals surface area contributed by atoms with E-state index < -0.39 is 15.9 Å². The molecule has 9 heteroatoms. The molecule has 1 aromatic rings. The summed E-state index contributed by atoms with van der Waals surface area (Å²) < 4.78 is 27.1. The van der Waals surface area contributed by atoms with Gasteiger partial charge in [0.15, 0.2) is 5.84 Å². The molecular formula is C14H11Cl2N3O3S. The quantitative estimate of drug-likeness (QED) is 0.865. The highest BCUT2D eigenvalue weighted by atomic mass is 35.5. The van der Waals surface area contributed by atoms with Gasteiger partial charge in [0, 0.05) is 12.7 Å². The van der Waals surface area contributed by atoms with E-state index in [1.807, 2.05) is 0 Å². The molecule has 3 rings (SSSR count). The van der Waals surface area contributed by atoms with Gasteiger partial charge in [-0.25, -0.2) is 8.42 Å². The maximum absolute atomic E-state index is 12.5. The van der Waals surface area contributed by atoms with E-state index in [-0.39, 0.29) is 28.7 Å². The topological polar surface area (TPSA) is 78.8 Å². The van der Waals surface area contributed by atoms with Crippen LogP contribution in [0.15, 0.2) is 46.5 Å². The Morgan fingerprint density at radius 1 is 1.30 bits per heavy atom. The van der Waals surface area contributed by atoms with E-state index in [1.54, 1.807) is 35.4 Å². The van der Waals surface area contributed by atoms with Crippen molar-refractivity contribution < 1.29 is 13.2 Å². The normalized spacial score (nSPS) is 18.8. The Labute approximate surface area is 143 Å². The summed E-state index contributed by atoms with van der Waals surface area (Å²) in [6.07, 6.45) is 4.84. The van der Waals surface area contributed by atoms with E-state index in [0.717, 1.165) is 0 Å². The number of allylic oxidation sites excluding steroid dienone is 2. The Bertz CT molecular complexity index is 875. The van der Waals surface area contributed by atoms with Gasteiger partial charge in [-0.1, -0.05) is 29.3 Å². The molecule has 0 atom stereocenters. The van der Waals surface area contributed by atoms with Crippen molar-refractivity contribution in [3.8, 4) is 0 Å². The van der Waals surface area contributed by atoms with Crippen LogP contribution in [0.25, 0.3) is 0 Å². The summed E-state index contributed by atoms with van der Waals surface area (Å²) in [6, 6.07) is 4.85. The highest BCUT2D eigenvalue weighted by Crippen LogP contribution is 2.30. The number of amidine groups is 1. The molecule has 0 fully saturated rings. The highest BCUT2D eigenvalue weighted by Gasteiger charge is 2.30. The number of sulfonamides is 1. The van der Waals surface area contributed by atoms with Crippen molar-refractivity contribution >= 4 is 50.7 Å². The van der Waals surface area contributed by atoms with Gasteiger partial charge in [0.1, 0.15) is 0 Å². The van der Waals surface area contributed by atoms with Crippen molar-refractivity contribution in [3.05, 3.63) is 52.2 Å². The second-order valence-electron chi connectivity index (χ2n) is 4.87. The first kappa shape index (κ1) is 16.0. The average Bonchev–Trinajstić information content (AvgIpc) is 2.50. The fourth-order valence-electron chi connectivity index (χ4n) is 2.18. The van der Waals surface area contributed by atoms with Gasteiger partial charge in [0.25, 0.3) is 15.9 Å². The van der Waals surface area contributed by atoms with E-state index in [0.29, 0.717) is 10.7 Å². The number of carbonyl (C=O) groups is 1. The molecule has 2 aliphatic heterocycles. The Morgan fingerprint density at radius 2 is 2.09 bits per heavy atom. The summed E-state index contributed by atoms with van der Waals surface area (Å²) in [4.78, 5) is 14.1. The zero-order valence-corrected chi connectivity index (χ0v) is 14.0. The number of halogens is 2. The molecule has 2 aliphatic rings. The number of hydrogen-bond donors (Lipinski definition) is 1. The fourth-order valence-corrected chi connectivity index (χ4v) is 3.52. The van der Waals surface area contributed by atoms with Gasteiger partial charge in [-0.2, -0.15) is 0 Å². The number of rotatable bonds is 2. The van der Waals surface area contributed by atoms with Crippen LogP contribution in [0.1, 0.15) is 0 Å². The van der Waals surface area contributed by atoms with Crippen LogP contribution in [-0.2, 0) is 14.8 Å². The average molecular weight is 372 g/mol. The summed E-state index contributed by atoms with van der Waals surface area (Å²) in [7, 11) is -3.56. The lowest BCUT2D eigenvalue weighted by Crippen LogP contribution is -2.40. The monoisotopic (exact) mass is 371 g/mol. The minimum atomic E-state index is -3.56. The molecule has 0 saturated heterocycles. The van der Waals surface area contributed by atoms with Crippen molar-refractivity contribution in [3.63, 3.8) is 0 Å². The lowest BCUT2D eigenvalue weighted by atomic mass is 10.1. The molecule has 0 radical (unpaired) electrons. The molecule has 0 spiro atoms. The summed E-state index contributed by atoms with van der Waals surface area (Å²) >= 11 is 12.0. The first-order valence-electron chi connectivity index (χ1n) is 6.61. The summed E-state index contributed by atoms with van der Waals surface area (Å²) in [5.74, 6) is -0.496. The number of hydrogen-bond acceptors (Lipinski definition) is 4. The summed E-state index contributed by atoms with van der Waals surface area (Å²) in [6.45, 7) is 0.250. The zero-order valence-electron chi connectivity index (χ0n) is 11.7. The Kier molecular flexibility index (Phi) is 4.18. The molecular weight excluding hydrogens is 361 g/mol. The molecule has 6 nitrogen and oxygen atoms in total. The SMILES string of the molecule is O=C(Nc1cccc(Cl)c1Cl)C1=CC=CN2CCS(=O)(=O)N=C12. The van der Waals surface area contributed by atoms with Crippen LogP contribution >= 0.6 is 23.2 Å². The van der Waals surface area contributed by atoms with E-state index in [2.05, 4.69) is 9.71 Å². The van der Waals surface area contributed by atoms with Crippen molar-refractivity contribution in [1.82, 2.24) is 4.90 Å². The van der Waals surface area contributed by atoms with E-state index in [4.69, 9.17) is 23.2 Å². The second-order valence-corrected chi connectivity index (χ2v) is 7.41. The van der Waals surface area contributed by atoms with Crippen LogP contribution in [0.5, 0.6) is 0 Å². The standard InChI is InChI=1S/C14H11Cl2N3O3S/c15-10-4-1-5-11(12(10)16)17-14(20)9-3-2-6-19-7-8-23(21,22)18-13(9)19/h1-6H,7-8H2,(H,17,20). The molecule has 23 heavy (non-hydrogen) atoms. The van der Waals surface area contributed by atoms with Gasteiger partial charge in [0.2, 0.25) is 0 Å². The summed E-state index contributed by atoms with van der Waals surface area (Å²) in [5, 5.41) is 3.14. The lowest BCUT2D eigenvalue weighted by Gasteiger charge is -2.28. The van der Waals surface area contributed by atoms with Crippen molar-refractivity contribution in [2.24, 2.45) is 4.40 Å². The van der Waals surface area contributed by atoms with Crippen LogP contribution in [0.2, 0.25) is 10.0 Å². The predicted octanol–water partition coefficient (Wildman–Crippen LogP) is 2.43. The van der Waals surface area contributed by atoms with Crippen molar-refractivity contribution in [2.75, 3.05) is 17.6 Å². The highest BCUT2D eigenvalue weighted by molar-refractivity contribution is 7.90. The first-order valence-corrected chi connectivity index (χ1v) is 8.97. The van der Waals surface area contributed by atoms with E-state index in [1.165, 1.54) is 6.08 Å². The van der Waals surface area contributed by atoms with Gasteiger partial charge in [-0.15, -0.1) is 4.40 Å². The number of nitrogens with zero attached hydrogens (tertiary/aromatic N) is 2. The third-order valence-corrected chi connectivity index (χ3v) is 5.27. The summed E-state index contributed by atoms with van der Waals surface area (Å²) in [5.41, 5.74) is 0.484. The Balaban J connectivity index is 1.93. The van der Waals surface area contributed by atoms with Gasteiger partial charge in [-0.05, 0) is 24.3 Å². The first-order chi connectivity index (χ1) is 10.9. The molecule has 0 aliphatic carbocycles. The molecule has 1 aromatic carbocycles. The number of benzene rings is 1. The van der Waals surface area contributed by atoms with Crippen LogP contribution in [0.3, 0.4) is 0 Å². The van der Waals surface area contributed by atoms with Gasteiger partial charge in [0.05, 0.1) is 27.1 Å². The zero-order chi connectivity index (χ0) is 16.6. The van der Waals surface area contributed by atoms with Crippen LogP contribution in [-0.4, -0.2) is 37.4 Å². The lowest BCUT2D eigenvalue weighted by molar-refractivity contribution is -0.112. The molecule has 2 heterocycles. The maximum atomic E-state index is 12.5. The minimum absolute atomic E-state index is 0.0874. The smallest absolute Gasteiger partial charge is 0.259 e. The maximum Gasteiger partial charge on any atom is 0.259 e. The third-order valence-electron chi connectivity index (χ3n) is 3.30. The Morgan fingerprint density at radius 3 is 2.87 bits per heavy atom. The molecule has 120 valence electrons. The number of amides is 1. The second kappa shape index (κ2) is 5.99. The van der Waals surface area contributed by atoms with Crippen LogP contribution in [0, 0.1) is 0 Å². The number of nitrogens with one attached hydrogen (secondary N) is 1. The minimum Gasteiger partial charge on any atom is -0.331 e. The number of anilines is 1. The van der Waals surface area contributed by atoms with Gasteiger partial charge < -0.3 is 10.2 Å². The molecule has 0 bridgehead atoms. The molecule has 0 saturated carbocycles. The van der Waals surface area contributed by atoms with Crippen LogP contribution in [0.4, 0.5) is 5.69 Å². The number of carbonyl (C=O) groups excluding carboxylic acids is 1. The van der Waals surface area contributed by atoms with E-state index >= 15 is 0 Å². The van der Waals surface area contributed by atoms with Crippen LogP contribution < -0.4 is 5.32 Å². The van der Waals surface area contributed by atoms with Gasteiger partial charge in [-0.3, -0.25) is 4.79 Å². The van der Waals surface area contributed by atoms with Gasteiger partial charge >= 0.3 is 0 Å².